The van der Waals surface area contributed by atoms with Gasteiger partial charge in [0.2, 0.25) is 59.1 Å². The minimum atomic E-state index is -1.69. The fourth-order valence-electron chi connectivity index (χ4n) is 8.54. The van der Waals surface area contributed by atoms with Crippen LogP contribution in [-0.4, -0.2) is 171 Å². The molecule has 10 amide bonds. The number of benzene rings is 2. The number of carbonyl (C=O) groups is 10. The Hall–Kier alpha value is -8.57. The van der Waals surface area contributed by atoms with Gasteiger partial charge in [-0.25, -0.2) is 4.98 Å². The second-order valence-electron chi connectivity index (χ2n) is 20.2. The minimum absolute atomic E-state index is 0.00375. The Balaban J connectivity index is 1.48. The number of nitrogens with one attached hydrogen (secondary N) is 11. The Morgan fingerprint density at radius 3 is 1.84 bits per heavy atom. The summed E-state index contributed by atoms with van der Waals surface area (Å²) in [6.45, 7) is 5.10. The summed E-state index contributed by atoms with van der Waals surface area (Å²) >= 11 is 1.45. The van der Waals surface area contributed by atoms with Gasteiger partial charge >= 0.3 is 0 Å². The van der Waals surface area contributed by atoms with Crippen molar-refractivity contribution in [2.75, 3.05) is 31.6 Å². The molecule has 83 heavy (non-hydrogen) atoms. The number of rotatable bonds is 35. The van der Waals surface area contributed by atoms with E-state index in [1.54, 1.807) is 42.6 Å². The molecule has 20 N–H and O–H groups in total. The summed E-state index contributed by atoms with van der Waals surface area (Å²) in [6, 6.07) is 5.51. The predicted molar refractivity (Wildman–Crippen MR) is 311 cm³/mol. The monoisotopic (exact) mass is 1170 g/mol. The van der Waals surface area contributed by atoms with E-state index in [4.69, 9.17) is 22.9 Å². The summed E-state index contributed by atoms with van der Waals surface area (Å²) in [7, 11) is 0. The lowest BCUT2D eigenvalue weighted by Gasteiger charge is -2.27. The Morgan fingerprint density at radius 2 is 1.23 bits per heavy atom. The van der Waals surface area contributed by atoms with Crippen molar-refractivity contribution in [1.29, 1.82) is 0 Å². The van der Waals surface area contributed by atoms with E-state index in [9.17, 15) is 53.1 Å². The highest BCUT2D eigenvalue weighted by Gasteiger charge is 2.35. The van der Waals surface area contributed by atoms with E-state index >= 15 is 0 Å². The first-order chi connectivity index (χ1) is 39.5. The molecule has 0 spiro atoms. The molecule has 0 bridgehead atoms. The van der Waals surface area contributed by atoms with E-state index in [2.05, 4.69) is 67.8 Å². The molecular weight excluding hydrogens is 1090 g/mol. The number of aliphatic imine (C=N–C) groups is 1. The van der Waals surface area contributed by atoms with Gasteiger partial charge in [0.1, 0.15) is 48.3 Å². The average molecular weight is 1170 g/mol. The highest BCUT2D eigenvalue weighted by Crippen LogP contribution is 2.20. The van der Waals surface area contributed by atoms with Gasteiger partial charge in [-0.3, -0.25) is 52.9 Å². The number of nitrogens with two attached hydrogens (primary N) is 4. The largest absolute Gasteiger partial charge is 0.391 e. The van der Waals surface area contributed by atoms with Crippen LogP contribution in [0.1, 0.15) is 70.2 Å². The fourth-order valence-corrected chi connectivity index (χ4v) is 9.01. The summed E-state index contributed by atoms with van der Waals surface area (Å²) < 4.78 is 0. The first-order valence-electron chi connectivity index (χ1n) is 27.0. The number of fused-ring (bicyclic) bond motifs is 1. The molecule has 29 heteroatoms. The third kappa shape index (κ3) is 22.7. The summed E-state index contributed by atoms with van der Waals surface area (Å²) in [5, 5.41) is 34.6. The van der Waals surface area contributed by atoms with Crippen molar-refractivity contribution in [2.45, 2.75) is 127 Å². The second-order valence-corrected chi connectivity index (χ2v) is 21.1. The number of primary amides is 1. The number of amides is 10. The Morgan fingerprint density at radius 1 is 0.639 bits per heavy atom. The lowest BCUT2D eigenvalue weighted by Crippen LogP contribution is -2.60. The van der Waals surface area contributed by atoms with E-state index in [-0.39, 0.29) is 63.4 Å². The smallest absolute Gasteiger partial charge is 0.245 e. The van der Waals surface area contributed by atoms with Crippen LogP contribution in [0, 0.1) is 5.92 Å². The molecule has 0 fully saturated rings. The number of guanidine groups is 1. The number of para-hydroxylation sites is 1. The zero-order valence-electron chi connectivity index (χ0n) is 47.1. The summed E-state index contributed by atoms with van der Waals surface area (Å²) in [5.74, 6) is -7.88. The van der Waals surface area contributed by atoms with Gasteiger partial charge in [0.25, 0.3) is 0 Å². The lowest BCUT2D eigenvalue weighted by atomic mass is 10.00. The number of aliphatic hydroxyl groups is 1. The lowest BCUT2D eigenvalue weighted by molar-refractivity contribution is -0.136. The molecule has 9 unspecified atom stereocenters. The molecule has 4 aromatic rings. The molecular formula is C54H79N17O11S. The highest BCUT2D eigenvalue weighted by atomic mass is 32.2. The van der Waals surface area contributed by atoms with Gasteiger partial charge in [-0.05, 0) is 74.7 Å². The first kappa shape index (κ1) is 66.9. The molecule has 452 valence electrons. The molecule has 0 aliphatic heterocycles. The van der Waals surface area contributed by atoms with E-state index in [0.717, 1.165) is 10.9 Å². The normalized spacial score (nSPS) is 14.4. The maximum absolute atomic E-state index is 14.3. The summed E-state index contributed by atoms with van der Waals surface area (Å²) in [5.41, 5.74) is 24.4. The fraction of sp³-hybridized carbons (Fsp3) is 0.481. The van der Waals surface area contributed by atoms with Gasteiger partial charge in [0, 0.05) is 54.8 Å². The van der Waals surface area contributed by atoms with Crippen LogP contribution < -0.4 is 70.8 Å². The molecule has 4 rings (SSSR count). The Kier molecular flexibility index (Phi) is 27.4. The molecule has 2 aromatic carbocycles. The van der Waals surface area contributed by atoms with Crippen LogP contribution in [0.3, 0.4) is 0 Å². The summed E-state index contributed by atoms with van der Waals surface area (Å²) in [6.07, 6.45) is 5.14. The van der Waals surface area contributed by atoms with Gasteiger partial charge in [-0.1, -0.05) is 62.4 Å². The number of hydrogen-bond acceptors (Lipinski definition) is 15. The second kappa shape index (κ2) is 34.0. The summed E-state index contributed by atoms with van der Waals surface area (Å²) in [4.78, 5) is 149. The molecule has 2 aromatic heterocycles. The maximum atomic E-state index is 14.3. The number of carbonyl (C=O) groups excluding carboxylic acids is 10. The first-order valence-corrected chi connectivity index (χ1v) is 28.4. The van der Waals surface area contributed by atoms with Gasteiger partial charge in [0.15, 0.2) is 5.96 Å². The van der Waals surface area contributed by atoms with Crippen molar-refractivity contribution in [3.8, 4) is 0 Å². The zero-order valence-corrected chi connectivity index (χ0v) is 47.9. The van der Waals surface area contributed by atoms with E-state index in [1.807, 2.05) is 38.3 Å². The van der Waals surface area contributed by atoms with Crippen molar-refractivity contribution < 1.29 is 53.1 Å². The average Bonchev–Trinajstić information content (AvgIpc) is 4.15. The molecule has 0 aliphatic carbocycles. The molecule has 2 heterocycles. The number of imidazole rings is 1. The molecule has 0 saturated carbocycles. The van der Waals surface area contributed by atoms with E-state index in [1.165, 1.54) is 38.1 Å². The number of aliphatic hydroxyl groups excluding tert-OH is 1. The van der Waals surface area contributed by atoms with Crippen LogP contribution in [0.4, 0.5) is 0 Å². The van der Waals surface area contributed by atoms with E-state index < -0.39 is 127 Å². The highest BCUT2D eigenvalue weighted by molar-refractivity contribution is 7.98. The van der Waals surface area contributed by atoms with Crippen LogP contribution in [0.2, 0.25) is 0 Å². The number of H-pyrrole nitrogens is 2. The third-order valence-corrected chi connectivity index (χ3v) is 13.6. The number of thioether (sulfide) groups is 1. The van der Waals surface area contributed by atoms with Crippen molar-refractivity contribution >= 4 is 87.7 Å². The van der Waals surface area contributed by atoms with Crippen molar-refractivity contribution in [3.05, 3.63) is 90.1 Å². The number of aromatic amines is 2. The minimum Gasteiger partial charge on any atom is -0.391 e. The molecule has 0 radical (unpaired) electrons. The van der Waals surface area contributed by atoms with Crippen LogP contribution in [-0.2, 0) is 67.2 Å². The Bertz CT molecular complexity index is 2850. The van der Waals surface area contributed by atoms with Gasteiger partial charge in [-0.2, -0.15) is 11.8 Å². The molecule has 0 aliphatic rings. The van der Waals surface area contributed by atoms with Crippen molar-refractivity contribution in [3.63, 3.8) is 0 Å². The number of hydrogen-bond donors (Lipinski definition) is 16. The van der Waals surface area contributed by atoms with Gasteiger partial charge in [-0.15, -0.1) is 0 Å². The Labute approximate surface area is 484 Å². The predicted octanol–water partition coefficient (Wildman–Crippen LogP) is -3.39. The van der Waals surface area contributed by atoms with Crippen molar-refractivity contribution in [1.82, 2.24) is 62.8 Å². The topological polar surface area (TPSA) is 460 Å². The van der Waals surface area contributed by atoms with Crippen LogP contribution in [0.5, 0.6) is 0 Å². The van der Waals surface area contributed by atoms with Gasteiger partial charge in [0.05, 0.1) is 25.5 Å². The van der Waals surface area contributed by atoms with Crippen LogP contribution >= 0.6 is 11.8 Å². The quantitative estimate of drug-likeness (QED) is 0.0121. The molecule has 9 atom stereocenters. The maximum Gasteiger partial charge on any atom is 0.245 e. The standard InChI is InChI=1S/C54H79N17O11S/c1-29(2)20-39(68-48(77)38(65-43(73)24-55)16-11-18-60-54(57)58)50(79)70-41(22-33-25-61-36-15-10-9-14-35(33)36)49(78)64-30(3)47(76)71-45(31(4)72)53(82)62-27-44(74)66-42(23-34-26-59-28-63-34)52(81)69-40(21-32-12-7-6-8-13-32)51(80)67-37(46(56)75)17-19-83-5/h6-10,12-15,25-26,28-31,37-42,45,61,72H,11,16-24,27,55H2,1-5H3,(H2,56,75)(H,59,63)(H,62,82)(H,64,78)(H,65,73)(H,66,74)(H,67,80)(H,68,77)(H,69,81)(H,70,79)(H,71,76)(H4,57,58,60). The SMILES string of the molecule is CSCCC(NC(=O)C(Cc1ccccc1)NC(=O)C(Cc1cnc[nH]1)NC(=O)CNC(=O)C(NC(=O)C(C)NC(=O)C(Cc1c[nH]c2ccccc12)NC(=O)C(CC(C)C)NC(=O)C(CCCN=C(N)N)NC(=O)CN)C(C)O)C(N)=O. The van der Waals surface area contributed by atoms with Gasteiger partial charge < -0.3 is 85.9 Å². The van der Waals surface area contributed by atoms with Crippen molar-refractivity contribution in [2.24, 2.45) is 33.8 Å². The number of nitrogens with zero attached hydrogens (tertiary/aromatic N) is 2. The molecule has 0 saturated heterocycles. The zero-order chi connectivity index (χ0) is 61.2. The third-order valence-electron chi connectivity index (χ3n) is 12.9. The number of aromatic nitrogens is 3. The van der Waals surface area contributed by atoms with Crippen LogP contribution in [0.15, 0.2) is 78.3 Å². The van der Waals surface area contributed by atoms with E-state index in [0.29, 0.717) is 22.6 Å². The van der Waals surface area contributed by atoms with Crippen LogP contribution in [0.25, 0.3) is 10.9 Å². The molecule has 28 nitrogen and oxygen atoms in total.